The van der Waals surface area contributed by atoms with Crippen molar-refractivity contribution in [2.45, 2.75) is 25.7 Å². The van der Waals surface area contributed by atoms with Crippen LogP contribution in [0.15, 0.2) is 24.4 Å². The lowest BCUT2D eigenvalue weighted by Gasteiger charge is -2.41. The van der Waals surface area contributed by atoms with Crippen molar-refractivity contribution < 1.29 is 14.2 Å². The molecule has 0 saturated heterocycles. The topological polar surface area (TPSA) is 66.6 Å². The van der Waals surface area contributed by atoms with E-state index >= 15 is 0 Å². The molecule has 0 amide bonds. The van der Waals surface area contributed by atoms with Crippen molar-refractivity contribution >= 4 is 5.70 Å². The van der Waals surface area contributed by atoms with Crippen molar-refractivity contribution in [3.8, 4) is 0 Å². The van der Waals surface area contributed by atoms with Crippen LogP contribution in [0.5, 0.6) is 0 Å². The van der Waals surface area contributed by atoms with Gasteiger partial charge in [0.05, 0.1) is 11.4 Å². The Morgan fingerprint density at radius 3 is 2.58 bits per heavy atom. The van der Waals surface area contributed by atoms with Crippen LogP contribution in [0.2, 0.25) is 0 Å². The predicted molar refractivity (Wildman–Crippen MR) is 72.1 cm³/mol. The summed E-state index contributed by atoms with van der Waals surface area (Å²) in [6, 6.07) is 3.76. The van der Waals surface area contributed by atoms with Gasteiger partial charge in [0.1, 0.15) is 6.10 Å². The third-order valence-corrected chi connectivity index (χ3v) is 3.13. The van der Waals surface area contributed by atoms with Gasteiger partial charge in [0.2, 0.25) is 5.79 Å². The fourth-order valence-electron chi connectivity index (χ4n) is 2.44. The lowest BCUT2D eigenvalue weighted by atomic mass is 9.90. The number of aromatic nitrogens is 1. The minimum absolute atomic E-state index is 0.399. The fraction of sp³-hybridized carbons (Fsp3) is 0.500. The Bertz CT molecular complexity index is 468. The molecule has 1 unspecified atom stereocenters. The van der Waals surface area contributed by atoms with Gasteiger partial charge in [-0.05, 0) is 32.1 Å². The highest BCUT2D eigenvalue weighted by atomic mass is 16.7. The van der Waals surface area contributed by atoms with Gasteiger partial charge in [-0.1, -0.05) is 0 Å². The van der Waals surface area contributed by atoms with Crippen LogP contribution in [0.4, 0.5) is 0 Å². The Labute approximate surface area is 113 Å². The van der Waals surface area contributed by atoms with Gasteiger partial charge in [-0.15, -0.1) is 0 Å². The average molecular weight is 264 g/mol. The molecule has 1 aromatic rings. The number of fused-ring (bicyclic) bond motifs is 1. The summed E-state index contributed by atoms with van der Waals surface area (Å²) in [6.07, 6.45) is 3.10. The molecule has 0 aromatic carbocycles. The lowest BCUT2D eigenvalue weighted by Crippen LogP contribution is -2.48. The molecule has 5 nitrogen and oxygen atoms in total. The summed E-state index contributed by atoms with van der Waals surface area (Å²) < 4.78 is 17.3. The first-order chi connectivity index (χ1) is 9.19. The first-order valence-electron chi connectivity index (χ1n) is 6.43. The Kier molecular flexibility index (Phi) is 4.19. The average Bonchev–Trinajstić information content (AvgIpc) is 2.43. The number of hydrogen-bond acceptors (Lipinski definition) is 5. The summed E-state index contributed by atoms with van der Waals surface area (Å²) in [5.41, 5.74) is 8.12. The number of rotatable bonds is 5. The second kappa shape index (κ2) is 5.69. The number of hydrogen-bond donors (Lipinski definition) is 1. The van der Waals surface area contributed by atoms with E-state index in [1.165, 1.54) is 0 Å². The van der Waals surface area contributed by atoms with Gasteiger partial charge in [0.15, 0.2) is 0 Å². The third kappa shape index (κ3) is 2.25. The maximum Gasteiger partial charge on any atom is 0.228 e. The molecule has 19 heavy (non-hydrogen) atoms. The first kappa shape index (κ1) is 14.0. The summed E-state index contributed by atoms with van der Waals surface area (Å²) in [6.45, 7) is 4.85. The van der Waals surface area contributed by atoms with Gasteiger partial charge in [-0.3, -0.25) is 4.98 Å². The van der Waals surface area contributed by atoms with E-state index in [4.69, 9.17) is 19.9 Å². The minimum Gasteiger partial charge on any atom is -0.397 e. The zero-order valence-electron chi connectivity index (χ0n) is 11.6. The predicted octanol–water partition coefficient (Wildman–Crippen LogP) is 1.64. The first-order valence-corrected chi connectivity index (χ1v) is 6.43. The highest BCUT2D eigenvalue weighted by molar-refractivity contribution is 5.66. The Morgan fingerprint density at radius 1 is 1.32 bits per heavy atom. The Morgan fingerprint density at radius 2 is 2.00 bits per heavy atom. The molecule has 0 bridgehead atoms. The zero-order valence-corrected chi connectivity index (χ0v) is 11.6. The molecular formula is C14H20N2O3. The zero-order chi connectivity index (χ0) is 13.9. The highest BCUT2D eigenvalue weighted by Crippen LogP contribution is 2.40. The summed E-state index contributed by atoms with van der Waals surface area (Å²) in [5.74, 6) is -0.981. The van der Waals surface area contributed by atoms with Gasteiger partial charge in [-0.2, -0.15) is 0 Å². The maximum atomic E-state index is 6.03. The lowest BCUT2D eigenvalue weighted by molar-refractivity contribution is -0.285. The standard InChI is InChI=1S/C14H20N2O3/c1-4-18-14(19-5-2)10-7-6-8-16-13(10)11(15)9-12(14)17-3/h6-9,12H,4-5,15H2,1-3H3. The van der Waals surface area contributed by atoms with E-state index in [9.17, 15) is 0 Å². The van der Waals surface area contributed by atoms with E-state index in [2.05, 4.69) is 4.98 Å². The highest BCUT2D eigenvalue weighted by Gasteiger charge is 2.47. The summed E-state index contributed by atoms with van der Waals surface area (Å²) in [4.78, 5) is 4.32. The normalized spacial score (nSPS) is 20.8. The van der Waals surface area contributed by atoms with E-state index in [0.717, 1.165) is 5.56 Å². The number of nitrogens with two attached hydrogens (primary N) is 1. The van der Waals surface area contributed by atoms with E-state index in [0.29, 0.717) is 24.6 Å². The Hall–Kier alpha value is -1.43. The molecule has 5 heteroatoms. The second-order valence-corrected chi connectivity index (χ2v) is 4.21. The molecule has 1 heterocycles. The van der Waals surface area contributed by atoms with Crippen LogP contribution in [0, 0.1) is 0 Å². The third-order valence-electron chi connectivity index (χ3n) is 3.13. The number of ether oxygens (including phenoxy) is 3. The van der Waals surface area contributed by atoms with Gasteiger partial charge >= 0.3 is 0 Å². The molecular weight excluding hydrogens is 244 g/mol. The van der Waals surface area contributed by atoms with Crippen molar-refractivity contribution in [3.63, 3.8) is 0 Å². The molecule has 2 rings (SSSR count). The van der Waals surface area contributed by atoms with E-state index in [-0.39, 0.29) is 0 Å². The van der Waals surface area contributed by atoms with E-state index < -0.39 is 11.9 Å². The molecule has 2 N–H and O–H groups in total. The molecule has 0 radical (unpaired) electrons. The van der Waals surface area contributed by atoms with Crippen molar-refractivity contribution in [3.05, 3.63) is 35.7 Å². The van der Waals surface area contributed by atoms with Crippen molar-refractivity contribution in [2.24, 2.45) is 5.73 Å². The summed E-state index contributed by atoms with van der Waals surface area (Å²) in [7, 11) is 1.61. The molecule has 0 fully saturated rings. The van der Waals surface area contributed by atoms with Crippen LogP contribution in [0.25, 0.3) is 5.70 Å². The largest absolute Gasteiger partial charge is 0.397 e. The number of nitrogens with zero attached hydrogens (tertiary/aromatic N) is 1. The fourth-order valence-corrected chi connectivity index (χ4v) is 2.44. The van der Waals surface area contributed by atoms with Crippen LogP contribution in [0.1, 0.15) is 25.1 Å². The van der Waals surface area contributed by atoms with Gasteiger partial charge < -0.3 is 19.9 Å². The smallest absolute Gasteiger partial charge is 0.228 e. The molecule has 1 aliphatic rings. The van der Waals surface area contributed by atoms with Crippen LogP contribution < -0.4 is 5.73 Å². The van der Waals surface area contributed by atoms with Crippen LogP contribution in [-0.4, -0.2) is 31.4 Å². The SMILES string of the molecule is CCOC1(OCC)c2cccnc2C(N)=CC1OC. The van der Waals surface area contributed by atoms with Crippen LogP contribution >= 0.6 is 0 Å². The van der Waals surface area contributed by atoms with E-state index in [1.54, 1.807) is 19.4 Å². The molecule has 0 spiro atoms. The molecule has 0 saturated carbocycles. The van der Waals surface area contributed by atoms with Gasteiger partial charge in [0.25, 0.3) is 0 Å². The maximum absolute atomic E-state index is 6.03. The second-order valence-electron chi connectivity index (χ2n) is 4.21. The molecule has 1 aromatic heterocycles. The van der Waals surface area contributed by atoms with Crippen molar-refractivity contribution in [1.29, 1.82) is 0 Å². The van der Waals surface area contributed by atoms with Crippen LogP contribution in [-0.2, 0) is 20.0 Å². The summed E-state index contributed by atoms with van der Waals surface area (Å²) >= 11 is 0. The minimum atomic E-state index is -0.981. The van der Waals surface area contributed by atoms with Gasteiger partial charge in [0, 0.05) is 32.1 Å². The number of pyridine rings is 1. The summed E-state index contributed by atoms with van der Waals surface area (Å²) in [5, 5.41) is 0. The molecule has 104 valence electrons. The number of methoxy groups -OCH3 is 1. The van der Waals surface area contributed by atoms with Crippen molar-refractivity contribution in [1.82, 2.24) is 4.98 Å². The van der Waals surface area contributed by atoms with Crippen LogP contribution in [0.3, 0.4) is 0 Å². The molecule has 0 aliphatic heterocycles. The quantitative estimate of drug-likeness (QED) is 0.819. The molecule has 1 atom stereocenters. The van der Waals surface area contributed by atoms with Gasteiger partial charge in [-0.25, -0.2) is 0 Å². The Balaban J connectivity index is 2.60. The monoisotopic (exact) mass is 264 g/mol. The van der Waals surface area contributed by atoms with E-state index in [1.807, 2.05) is 26.0 Å². The molecule has 1 aliphatic carbocycles. The van der Waals surface area contributed by atoms with Crippen molar-refractivity contribution in [2.75, 3.05) is 20.3 Å².